The Kier molecular flexibility index (Phi) is 5.14. The van der Waals surface area contributed by atoms with Crippen LogP contribution >= 0.6 is 11.8 Å². The third-order valence-electron chi connectivity index (χ3n) is 2.18. The molecule has 0 bridgehead atoms. The van der Waals surface area contributed by atoms with Gasteiger partial charge in [-0.3, -0.25) is 10.2 Å². The van der Waals surface area contributed by atoms with Crippen LogP contribution in [0.15, 0.2) is 23.1 Å². The lowest BCUT2D eigenvalue weighted by atomic mass is 10.2. The standard InChI is InChI=1S/C11H17N3OS/c1-8-4-5-9(12)7-10(8)16-6-2-3-11(15)14-13/h4-5,7H,2-3,6,12-13H2,1H3,(H,14,15). The first-order valence-corrected chi connectivity index (χ1v) is 6.10. The summed E-state index contributed by atoms with van der Waals surface area (Å²) in [5, 5.41) is 0. The predicted molar refractivity (Wildman–Crippen MR) is 67.9 cm³/mol. The monoisotopic (exact) mass is 239 g/mol. The third-order valence-corrected chi connectivity index (χ3v) is 3.42. The van der Waals surface area contributed by atoms with E-state index < -0.39 is 0 Å². The van der Waals surface area contributed by atoms with Crippen molar-refractivity contribution in [2.24, 2.45) is 5.84 Å². The fourth-order valence-electron chi connectivity index (χ4n) is 1.26. The van der Waals surface area contributed by atoms with E-state index in [0.29, 0.717) is 6.42 Å². The van der Waals surface area contributed by atoms with Crippen LogP contribution in [0.3, 0.4) is 0 Å². The Labute approximate surface area is 99.7 Å². The maximum absolute atomic E-state index is 10.9. The van der Waals surface area contributed by atoms with Gasteiger partial charge < -0.3 is 5.73 Å². The number of aryl methyl sites for hydroxylation is 1. The number of amides is 1. The van der Waals surface area contributed by atoms with E-state index in [9.17, 15) is 4.79 Å². The van der Waals surface area contributed by atoms with Gasteiger partial charge in [0.15, 0.2) is 0 Å². The van der Waals surface area contributed by atoms with E-state index in [4.69, 9.17) is 11.6 Å². The number of nitrogens with one attached hydrogen (secondary N) is 1. The van der Waals surface area contributed by atoms with Crippen LogP contribution < -0.4 is 17.0 Å². The summed E-state index contributed by atoms with van der Waals surface area (Å²) in [6, 6.07) is 5.86. The van der Waals surface area contributed by atoms with E-state index in [1.165, 1.54) is 10.5 Å². The van der Waals surface area contributed by atoms with Crippen LogP contribution in [0.25, 0.3) is 0 Å². The van der Waals surface area contributed by atoms with Crippen molar-refractivity contribution in [1.82, 2.24) is 5.43 Å². The van der Waals surface area contributed by atoms with E-state index in [1.807, 2.05) is 25.1 Å². The maximum atomic E-state index is 10.9. The minimum Gasteiger partial charge on any atom is -0.399 e. The summed E-state index contributed by atoms with van der Waals surface area (Å²) in [6.45, 7) is 2.05. The van der Waals surface area contributed by atoms with Gasteiger partial charge in [0.25, 0.3) is 0 Å². The van der Waals surface area contributed by atoms with E-state index >= 15 is 0 Å². The van der Waals surface area contributed by atoms with Crippen molar-refractivity contribution in [3.8, 4) is 0 Å². The highest BCUT2D eigenvalue weighted by Gasteiger charge is 2.01. The first-order valence-electron chi connectivity index (χ1n) is 5.12. The van der Waals surface area contributed by atoms with Crippen molar-refractivity contribution in [1.29, 1.82) is 0 Å². The van der Waals surface area contributed by atoms with Crippen molar-refractivity contribution in [3.05, 3.63) is 23.8 Å². The second kappa shape index (κ2) is 6.40. The zero-order chi connectivity index (χ0) is 12.0. The second-order valence-corrected chi connectivity index (χ2v) is 4.68. The van der Waals surface area contributed by atoms with Crippen LogP contribution in [-0.4, -0.2) is 11.7 Å². The number of rotatable bonds is 5. The predicted octanol–water partition coefficient (Wildman–Crippen LogP) is 1.44. The van der Waals surface area contributed by atoms with Crippen molar-refractivity contribution in [3.63, 3.8) is 0 Å². The summed E-state index contributed by atoms with van der Waals surface area (Å²) < 4.78 is 0. The Bertz CT molecular complexity index is 368. The molecule has 0 fully saturated rings. The Morgan fingerprint density at radius 1 is 1.50 bits per heavy atom. The van der Waals surface area contributed by atoms with Crippen LogP contribution in [0.1, 0.15) is 18.4 Å². The van der Waals surface area contributed by atoms with Crippen molar-refractivity contribution >= 4 is 23.4 Å². The second-order valence-electron chi connectivity index (χ2n) is 3.54. The van der Waals surface area contributed by atoms with Crippen molar-refractivity contribution < 1.29 is 4.79 Å². The number of nitrogen functional groups attached to an aromatic ring is 1. The number of hydrogen-bond acceptors (Lipinski definition) is 4. The topological polar surface area (TPSA) is 81.1 Å². The van der Waals surface area contributed by atoms with Gasteiger partial charge in [0.2, 0.25) is 5.91 Å². The SMILES string of the molecule is Cc1ccc(N)cc1SCCCC(=O)NN. The maximum Gasteiger partial charge on any atom is 0.233 e. The molecule has 1 aromatic carbocycles. The van der Waals surface area contributed by atoms with Crippen LogP contribution in [0, 0.1) is 6.92 Å². The number of carbonyl (C=O) groups is 1. The minimum absolute atomic E-state index is 0.120. The summed E-state index contributed by atoms with van der Waals surface area (Å²) in [6.07, 6.45) is 1.27. The van der Waals surface area contributed by atoms with Gasteiger partial charge >= 0.3 is 0 Å². The molecule has 0 heterocycles. The number of nitrogens with two attached hydrogens (primary N) is 2. The van der Waals surface area contributed by atoms with Gasteiger partial charge in [-0.15, -0.1) is 11.8 Å². The molecule has 0 saturated heterocycles. The smallest absolute Gasteiger partial charge is 0.233 e. The normalized spacial score (nSPS) is 10.1. The highest BCUT2D eigenvalue weighted by Crippen LogP contribution is 2.25. The minimum atomic E-state index is -0.120. The Balaban J connectivity index is 2.37. The molecular formula is C11H17N3OS. The zero-order valence-electron chi connectivity index (χ0n) is 9.32. The van der Waals surface area contributed by atoms with Gasteiger partial charge in [0.1, 0.15) is 0 Å². The van der Waals surface area contributed by atoms with Crippen LogP contribution in [0.2, 0.25) is 0 Å². The van der Waals surface area contributed by atoms with Crippen molar-refractivity contribution in [2.75, 3.05) is 11.5 Å². The lowest BCUT2D eigenvalue weighted by Gasteiger charge is -2.06. The number of thioether (sulfide) groups is 1. The van der Waals surface area contributed by atoms with E-state index in [-0.39, 0.29) is 5.91 Å². The third kappa shape index (κ3) is 4.12. The average Bonchev–Trinajstić information content (AvgIpc) is 2.28. The molecule has 1 aromatic rings. The molecule has 0 radical (unpaired) electrons. The quantitative estimate of drug-likeness (QED) is 0.181. The summed E-state index contributed by atoms with van der Waals surface area (Å²) >= 11 is 1.71. The largest absolute Gasteiger partial charge is 0.399 e. The van der Waals surface area contributed by atoms with Crippen LogP contribution in [-0.2, 0) is 4.79 Å². The molecule has 5 N–H and O–H groups in total. The van der Waals surface area contributed by atoms with E-state index in [2.05, 4.69) is 5.43 Å². The molecule has 1 amide bonds. The number of hydrogen-bond donors (Lipinski definition) is 3. The molecule has 16 heavy (non-hydrogen) atoms. The Morgan fingerprint density at radius 2 is 2.25 bits per heavy atom. The molecule has 0 spiro atoms. The van der Waals surface area contributed by atoms with E-state index in [1.54, 1.807) is 11.8 Å². The van der Waals surface area contributed by atoms with Gasteiger partial charge in [-0.1, -0.05) is 6.07 Å². The first-order chi connectivity index (χ1) is 7.63. The molecule has 4 nitrogen and oxygen atoms in total. The van der Waals surface area contributed by atoms with Crippen LogP contribution in [0.4, 0.5) is 5.69 Å². The molecular weight excluding hydrogens is 222 g/mol. The molecule has 5 heteroatoms. The first kappa shape index (κ1) is 12.9. The molecule has 0 unspecified atom stereocenters. The van der Waals surface area contributed by atoms with Gasteiger partial charge in [-0.25, -0.2) is 5.84 Å². The number of anilines is 1. The Hall–Kier alpha value is -1.20. The molecule has 88 valence electrons. The molecule has 0 atom stereocenters. The fourth-order valence-corrected chi connectivity index (χ4v) is 2.28. The summed E-state index contributed by atoms with van der Waals surface area (Å²) in [4.78, 5) is 12.1. The lowest BCUT2D eigenvalue weighted by Crippen LogP contribution is -2.29. The highest BCUT2D eigenvalue weighted by molar-refractivity contribution is 7.99. The number of hydrazine groups is 1. The lowest BCUT2D eigenvalue weighted by molar-refractivity contribution is -0.121. The number of benzene rings is 1. The Morgan fingerprint density at radius 3 is 2.94 bits per heavy atom. The molecule has 0 aliphatic carbocycles. The van der Waals surface area contributed by atoms with Gasteiger partial charge in [0.05, 0.1) is 0 Å². The highest BCUT2D eigenvalue weighted by atomic mass is 32.2. The van der Waals surface area contributed by atoms with Gasteiger partial charge in [-0.05, 0) is 36.8 Å². The molecule has 1 rings (SSSR count). The van der Waals surface area contributed by atoms with E-state index in [0.717, 1.165) is 17.9 Å². The van der Waals surface area contributed by atoms with Gasteiger partial charge in [0, 0.05) is 17.0 Å². The van der Waals surface area contributed by atoms with Crippen molar-refractivity contribution in [2.45, 2.75) is 24.7 Å². The summed E-state index contributed by atoms with van der Waals surface area (Å²) in [5.41, 5.74) is 9.81. The average molecular weight is 239 g/mol. The zero-order valence-corrected chi connectivity index (χ0v) is 10.1. The fraction of sp³-hybridized carbons (Fsp3) is 0.364. The summed E-state index contributed by atoms with van der Waals surface area (Å²) in [7, 11) is 0. The van der Waals surface area contributed by atoms with Gasteiger partial charge in [-0.2, -0.15) is 0 Å². The number of carbonyl (C=O) groups excluding carboxylic acids is 1. The molecule has 0 aromatic heterocycles. The molecule has 0 saturated carbocycles. The van der Waals surface area contributed by atoms with Crippen LogP contribution in [0.5, 0.6) is 0 Å². The summed E-state index contributed by atoms with van der Waals surface area (Å²) in [5.74, 6) is 5.75. The molecule has 0 aliphatic rings. The molecule has 0 aliphatic heterocycles.